The Balaban J connectivity index is 1.60. The molecule has 1 N–H and O–H groups in total. The van der Waals surface area contributed by atoms with Crippen LogP contribution in [-0.2, 0) is 19.0 Å². The molecule has 1 unspecified atom stereocenters. The third-order valence-corrected chi connectivity index (χ3v) is 5.34. The predicted molar refractivity (Wildman–Crippen MR) is 105 cm³/mol. The number of carbonyl (C=O) groups is 1. The van der Waals surface area contributed by atoms with E-state index in [9.17, 15) is 4.79 Å². The van der Waals surface area contributed by atoms with Gasteiger partial charge in [0.15, 0.2) is 34.7 Å². The monoisotopic (exact) mass is 430 g/mol. The largest absolute Gasteiger partial charge is 0.357 e. The molecule has 0 aromatic carbocycles. The summed E-state index contributed by atoms with van der Waals surface area (Å²) in [6.45, 7) is 3.60. The second-order valence-corrected chi connectivity index (χ2v) is 7.86. The number of likely N-dealkylation sites (N-methyl/N-ethyl adjacent to an activating group) is 1. The van der Waals surface area contributed by atoms with E-state index in [-0.39, 0.29) is 11.1 Å². The fraction of sp³-hybridized carbons (Fsp3) is 0.421. The van der Waals surface area contributed by atoms with Gasteiger partial charge >= 0.3 is 0 Å². The smallest absolute Gasteiger partial charge is 0.251 e. The molecule has 0 spiro atoms. The van der Waals surface area contributed by atoms with E-state index in [4.69, 9.17) is 25.8 Å². The van der Waals surface area contributed by atoms with Crippen LogP contribution in [0, 0.1) is 0 Å². The van der Waals surface area contributed by atoms with Crippen LogP contribution in [-0.4, -0.2) is 61.6 Å². The highest BCUT2D eigenvalue weighted by atomic mass is 35.5. The molecular weight excluding hydrogens is 412 g/mol. The maximum Gasteiger partial charge on any atom is 0.251 e. The fourth-order valence-electron chi connectivity index (χ4n) is 3.83. The molecule has 5 heterocycles. The van der Waals surface area contributed by atoms with Crippen molar-refractivity contribution >= 4 is 28.7 Å². The molecule has 5 rings (SSSR count). The SMILES string of the molecule is CNC(=O)[C@H]1OC(n2cnc3c(Cl)nc(-c4ccccn4)nc32)[C@@H]2OC(C)(C)O[C@H]12. The van der Waals surface area contributed by atoms with Gasteiger partial charge in [-0.15, -0.1) is 0 Å². The van der Waals surface area contributed by atoms with E-state index in [1.165, 1.54) is 0 Å². The van der Waals surface area contributed by atoms with E-state index in [0.717, 1.165) is 0 Å². The van der Waals surface area contributed by atoms with Crippen LogP contribution in [0.3, 0.4) is 0 Å². The molecule has 2 saturated heterocycles. The maximum atomic E-state index is 12.4. The van der Waals surface area contributed by atoms with Crippen molar-refractivity contribution in [3.05, 3.63) is 35.9 Å². The summed E-state index contributed by atoms with van der Waals surface area (Å²) >= 11 is 6.37. The summed E-state index contributed by atoms with van der Waals surface area (Å²) in [7, 11) is 1.55. The second kappa shape index (κ2) is 6.95. The number of nitrogens with zero attached hydrogens (tertiary/aromatic N) is 5. The molecule has 30 heavy (non-hydrogen) atoms. The van der Waals surface area contributed by atoms with Gasteiger partial charge in [0.25, 0.3) is 5.91 Å². The first kappa shape index (κ1) is 19.3. The Hall–Kier alpha value is -2.66. The first-order valence-corrected chi connectivity index (χ1v) is 9.80. The summed E-state index contributed by atoms with van der Waals surface area (Å²) in [6, 6.07) is 5.43. The average Bonchev–Trinajstić information content (AvgIpc) is 3.38. The lowest BCUT2D eigenvalue weighted by molar-refractivity contribution is -0.197. The zero-order valence-electron chi connectivity index (χ0n) is 16.4. The number of ether oxygens (including phenoxy) is 3. The zero-order chi connectivity index (χ0) is 21.0. The van der Waals surface area contributed by atoms with E-state index in [1.807, 2.05) is 6.07 Å². The van der Waals surface area contributed by atoms with Crippen LogP contribution in [0.1, 0.15) is 20.1 Å². The van der Waals surface area contributed by atoms with Crippen molar-refractivity contribution in [1.82, 2.24) is 29.8 Å². The van der Waals surface area contributed by atoms with Crippen LogP contribution in [0.15, 0.2) is 30.7 Å². The summed E-state index contributed by atoms with van der Waals surface area (Å²) in [5.41, 5.74) is 1.44. The van der Waals surface area contributed by atoms with E-state index in [2.05, 4.69) is 25.3 Å². The number of halogens is 1. The van der Waals surface area contributed by atoms with Gasteiger partial charge in [0, 0.05) is 13.2 Å². The molecule has 0 bridgehead atoms. The van der Waals surface area contributed by atoms with E-state index < -0.39 is 30.3 Å². The number of amides is 1. The number of hydrogen-bond acceptors (Lipinski definition) is 8. The number of fused-ring (bicyclic) bond motifs is 2. The van der Waals surface area contributed by atoms with Gasteiger partial charge in [-0.1, -0.05) is 17.7 Å². The number of imidazole rings is 1. The van der Waals surface area contributed by atoms with Gasteiger partial charge in [-0.05, 0) is 26.0 Å². The lowest BCUT2D eigenvalue weighted by Gasteiger charge is -2.24. The molecule has 0 radical (unpaired) electrons. The Kier molecular flexibility index (Phi) is 4.47. The minimum absolute atomic E-state index is 0.195. The van der Waals surface area contributed by atoms with E-state index >= 15 is 0 Å². The van der Waals surface area contributed by atoms with E-state index in [0.29, 0.717) is 22.7 Å². The number of pyridine rings is 1. The fourth-order valence-corrected chi connectivity index (χ4v) is 4.05. The molecular formula is C19H19ClN6O4. The molecule has 0 aliphatic carbocycles. The third kappa shape index (κ3) is 3.03. The Labute approximate surface area is 176 Å². The standard InChI is InChI=1S/C19H19ClN6O4/c1-19(2)29-11-12(17(27)21-3)28-18(13(11)30-19)26-8-23-10-14(20)24-15(25-16(10)26)9-6-4-5-7-22-9/h4-8,11-13,18H,1-3H3,(H,21,27)/t11-,12+,13-,18?/m1/s1. The summed E-state index contributed by atoms with van der Waals surface area (Å²) in [5, 5.41) is 2.81. The van der Waals surface area contributed by atoms with Crippen LogP contribution < -0.4 is 5.32 Å². The second-order valence-electron chi connectivity index (χ2n) is 7.50. The van der Waals surface area contributed by atoms with Crippen molar-refractivity contribution in [3.63, 3.8) is 0 Å². The highest BCUT2D eigenvalue weighted by Gasteiger charge is 2.58. The molecule has 11 heteroatoms. The Morgan fingerprint density at radius 1 is 1.20 bits per heavy atom. The first-order valence-electron chi connectivity index (χ1n) is 9.42. The predicted octanol–water partition coefficient (Wildman–Crippen LogP) is 1.71. The molecule has 4 atom stereocenters. The lowest BCUT2D eigenvalue weighted by atomic mass is 10.1. The van der Waals surface area contributed by atoms with Gasteiger partial charge in [-0.3, -0.25) is 14.3 Å². The minimum Gasteiger partial charge on any atom is -0.357 e. The minimum atomic E-state index is -0.855. The summed E-state index contributed by atoms with van der Waals surface area (Å²) in [5.74, 6) is -0.789. The Morgan fingerprint density at radius 3 is 2.73 bits per heavy atom. The van der Waals surface area contributed by atoms with Crippen molar-refractivity contribution < 1.29 is 19.0 Å². The summed E-state index contributed by atoms with van der Waals surface area (Å²) in [6.07, 6.45) is 0.569. The average molecular weight is 431 g/mol. The lowest BCUT2D eigenvalue weighted by Crippen LogP contribution is -2.41. The molecule has 3 aromatic heterocycles. The third-order valence-electron chi connectivity index (χ3n) is 5.08. The zero-order valence-corrected chi connectivity index (χ0v) is 17.2. The van der Waals surface area contributed by atoms with Gasteiger partial charge in [-0.25, -0.2) is 15.0 Å². The molecule has 2 aliphatic heterocycles. The van der Waals surface area contributed by atoms with Crippen LogP contribution in [0.4, 0.5) is 0 Å². The van der Waals surface area contributed by atoms with Gasteiger partial charge in [0.1, 0.15) is 23.4 Å². The van der Waals surface area contributed by atoms with Gasteiger partial charge < -0.3 is 19.5 Å². The molecule has 1 amide bonds. The quantitative estimate of drug-likeness (QED) is 0.625. The molecule has 156 valence electrons. The molecule has 2 aliphatic rings. The Morgan fingerprint density at radius 2 is 2.00 bits per heavy atom. The first-order chi connectivity index (χ1) is 14.4. The van der Waals surface area contributed by atoms with Gasteiger partial charge in [-0.2, -0.15) is 0 Å². The number of carbonyl (C=O) groups excluding carboxylic acids is 1. The van der Waals surface area contributed by atoms with Crippen molar-refractivity contribution in [1.29, 1.82) is 0 Å². The molecule has 10 nitrogen and oxygen atoms in total. The van der Waals surface area contributed by atoms with Crippen LogP contribution in [0.2, 0.25) is 5.15 Å². The van der Waals surface area contributed by atoms with Gasteiger partial charge in [0.05, 0.1) is 6.33 Å². The topological polar surface area (TPSA) is 113 Å². The molecule has 3 aromatic rings. The van der Waals surface area contributed by atoms with Crippen molar-refractivity contribution in [3.8, 4) is 11.5 Å². The van der Waals surface area contributed by atoms with Crippen molar-refractivity contribution in [2.45, 2.75) is 44.2 Å². The highest BCUT2D eigenvalue weighted by molar-refractivity contribution is 6.33. The number of aromatic nitrogens is 5. The summed E-state index contributed by atoms with van der Waals surface area (Å²) in [4.78, 5) is 29.9. The maximum absolute atomic E-state index is 12.4. The Bertz CT molecular complexity index is 1120. The number of nitrogens with one attached hydrogen (secondary N) is 1. The van der Waals surface area contributed by atoms with E-state index in [1.54, 1.807) is 50.1 Å². The highest BCUT2D eigenvalue weighted by Crippen LogP contribution is 2.44. The molecule has 0 saturated carbocycles. The van der Waals surface area contributed by atoms with Crippen LogP contribution >= 0.6 is 11.6 Å². The molecule has 2 fully saturated rings. The number of hydrogen-bond donors (Lipinski definition) is 1. The van der Waals surface area contributed by atoms with Crippen molar-refractivity contribution in [2.75, 3.05) is 7.05 Å². The van der Waals surface area contributed by atoms with Crippen LogP contribution in [0.25, 0.3) is 22.7 Å². The summed E-state index contributed by atoms with van der Waals surface area (Å²) < 4.78 is 19.8. The van der Waals surface area contributed by atoms with Gasteiger partial charge in [0.2, 0.25) is 0 Å². The normalized spacial score (nSPS) is 27.3. The number of rotatable bonds is 3. The van der Waals surface area contributed by atoms with Crippen molar-refractivity contribution in [2.24, 2.45) is 0 Å². The van der Waals surface area contributed by atoms with Crippen LogP contribution in [0.5, 0.6) is 0 Å².